The quantitative estimate of drug-likeness (QED) is 0.792. The van der Waals surface area contributed by atoms with Crippen LogP contribution in [0.25, 0.3) is 11.2 Å². The van der Waals surface area contributed by atoms with Gasteiger partial charge in [0.15, 0.2) is 5.65 Å². The van der Waals surface area contributed by atoms with Crippen LogP contribution >= 0.6 is 11.6 Å². The summed E-state index contributed by atoms with van der Waals surface area (Å²) in [6, 6.07) is 4.27. The van der Waals surface area contributed by atoms with Gasteiger partial charge in [0, 0.05) is 24.8 Å². The predicted molar refractivity (Wildman–Crippen MR) is 75.4 cm³/mol. The molecule has 1 saturated heterocycles. The Kier molecular flexibility index (Phi) is 3.46. The van der Waals surface area contributed by atoms with Crippen molar-refractivity contribution in [3.8, 4) is 0 Å². The number of hydrogen-bond acceptors (Lipinski definition) is 3. The molecule has 19 heavy (non-hydrogen) atoms. The number of pyridine rings is 1. The summed E-state index contributed by atoms with van der Waals surface area (Å²) in [7, 11) is 0. The number of alkyl halides is 1. The Bertz CT molecular complexity index is 581. The SMILES string of the molecule is CC(Cl)c1nc2cccnc2n1C1CCOCC1C. The van der Waals surface area contributed by atoms with Gasteiger partial charge in [0.25, 0.3) is 0 Å². The first-order chi connectivity index (χ1) is 9.18. The predicted octanol–water partition coefficient (Wildman–Crippen LogP) is 3.33. The molecule has 3 heterocycles. The summed E-state index contributed by atoms with van der Waals surface area (Å²) in [6.07, 6.45) is 2.80. The number of halogens is 1. The minimum Gasteiger partial charge on any atom is -0.381 e. The second-order valence-electron chi connectivity index (χ2n) is 5.21. The van der Waals surface area contributed by atoms with Gasteiger partial charge < -0.3 is 9.30 Å². The summed E-state index contributed by atoms with van der Waals surface area (Å²) in [6.45, 7) is 5.75. The van der Waals surface area contributed by atoms with Gasteiger partial charge >= 0.3 is 0 Å². The van der Waals surface area contributed by atoms with Gasteiger partial charge in [-0.25, -0.2) is 9.97 Å². The van der Waals surface area contributed by atoms with Crippen molar-refractivity contribution in [1.82, 2.24) is 14.5 Å². The van der Waals surface area contributed by atoms with Crippen molar-refractivity contribution in [1.29, 1.82) is 0 Å². The summed E-state index contributed by atoms with van der Waals surface area (Å²) in [4.78, 5) is 9.14. The molecular formula is C14H18ClN3O. The first-order valence-corrected chi connectivity index (χ1v) is 7.16. The number of aromatic nitrogens is 3. The molecule has 3 rings (SSSR count). The highest BCUT2D eigenvalue weighted by Gasteiger charge is 2.28. The van der Waals surface area contributed by atoms with Gasteiger partial charge in [-0.2, -0.15) is 0 Å². The molecule has 3 unspecified atom stereocenters. The smallest absolute Gasteiger partial charge is 0.160 e. The Balaban J connectivity index is 2.16. The van der Waals surface area contributed by atoms with Gasteiger partial charge in [-0.15, -0.1) is 11.6 Å². The molecule has 1 fully saturated rings. The number of hydrogen-bond donors (Lipinski definition) is 0. The van der Waals surface area contributed by atoms with Crippen molar-refractivity contribution in [3.05, 3.63) is 24.2 Å². The monoisotopic (exact) mass is 279 g/mol. The number of imidazole rings is 1. The fourth-order valence-electron chi connectivity index (χ4n) is 2.81. The second kappa shape index (κ2) is 5.10. The number of fused-ring (bicyclic) bond motifs is 1. The molecule has 0 N–H and O–H groups in total. The minimum absolute atomic E-state index is 0.121. The van der Waals surface area contributed by atoms with Gasteiger partial charge in [0.05, 0.1) is 12.0 Å². The normalized spacial score (nSPS) is 25.6. The fourth-order valence-corrected chi connectivity index (χ4v) is 2.96. The molecule has 0 aromatic carbocycles. The lowest BCUT2D eigenvalue weighted by Gasteiger charge is -2.31. The van der Waals surface area contributed by atoms with E-state index in [0.717, 1.165) is 36.6 Å². The standard InChI is InChI=1S/C14H18ClN3O/c1-9-8-19-7-5-12(9)18-13(10(2)15)17-11-4-3-6-16-14(11)18/h3-4,6,9-10,12H,5,7-8H2,1-2H3. The molecule has 2 aromatic rings. The minimum atomic E-state index is -0.121. The average Bonchev–Trinajstić information content (AvgIpc) is 2.79. The van der Waals surface area contributed by atoms with E-state index in [-0.39, 0.29) is 5.38 Å². The first kappa shape index (κ1) is 12.9. The zero-order valence-electron chi connectivity index (χ0n) is 11.2. The molecule has 0 spiro atoms. The third-order valence-electron chi connectivity index (χ3n) is 3.76. The van der Waals surface area contributed by atoms with E-state index in [4.69, 9.17) is 16.3 Å². The Labute approximate surface area is 117 Å². The van der Waals surface area contributed by atoms with E-state index in [1.807, 2.05) is 25.3 Å². The van der Waals surface area contributed by atoms with Crippen molar-refractivity contribution < 1.29 is 4.74 Å². The van der Waals surface area contributed by atoms with Crippen LogP contribution in [-0.4, -0.2) is 27.7 Å². The van der Waals surface area contributed by atoms with Gasteiger partial charge in [0.1, 0.15) is 11.3 Å². The average molecular weight is 280 g/mol. The number of ether oxygens (including phenoxy) is 1. The van der Waals surface area contributed by atoms with Crippen LogP contribution in [-0.2, 0) is 4.74 Å². The third kappa shape index (κ3) is 2.23. The highest BCUT2D eigenvalue weighted by Crippen LogP contribution is 2.34. The van der Waals surface area contributed by atoms with E-state index in [1.54, 1.807) is 0 Å². The summed E-state index contributed by atoms with van der Waals surface area (Å²) >= 11 is 6.30. The van der Waals surface area contributed by atoms with Crippen molar-refractivity contribution >= 4 is 22.8 Å². The Morgan fingerprint density at radius 1 is 1.53 bits per heavy atom. The molecular weight excluding hydrogens is 262 g/mol. The van der Waals surface area contributed by atoms with Crippen molar-refractivity contribution in [2.45, 2.75) is 31.7 Å². The van der Waals surface area contributed by atoms with E-state index < -0.39 is 0 Å². The highest BCUT2D eigenvalue weighted by atomic mass is 35.5. The van der Waals surface area contributed by atoms with Crippen LogP contribution in [0.3, 0.4) is 0 Å². The van der Waals surface area contributed by atoms with Gasteiger partial charge in [0.2, 0.25) is 0 Å². The lowest BCUT2D eigenvalue weighted by Crippen LogP contribution is -2.29. The summed E-state index contributed by atoms with van der Waals surface area (Å²) in [5.41, 5.74) is 1.85. The van der Waals surface area contributed by atoms with Gasteiger partial charge in [-0.05, 0) is 25.5 Å². The van der Waals surface area contributed by atoms with Crippen LogP contribution < -0.4 is 0 Å². The van der Waals surface area contributed by atoms with E-state index in [2.05, 4.69) is 21.5 Å². The molecule has 4 nitrogen and oxygen atoms in total. The topological polar surface area (TPSA) is 39.9 Å². The molecule has 2 aromatic heterocycles. The molecule has 0 radical (unpaired) electrons. The fraction of sp³-hybridized carbons (Fsp3) is 0.571. The molecule has 0 bridgehead atoms. The zero-order valence-corrected chi connectivity index (χ0v) is 12.0. The Hall–Kier alpha value is -1.13. The van der Waals surface area contributed by atoms with Crippen LogP contribution in [0.5, 0.6) is 0 Å². The second-order valence-corrected chi connectivity index (χ2v) is 5.87. The maximum Gasteiger partial charge on any atom is 0.160 e. The van der Waals surface area contributed by atoms with Crippen LogP contribution in [0.2, 0.25) is 0 Å². The maximum atomic E-state index is 6.30. The third-order valence-corrected chi connectivity index (χ3v) is 3.95. The zero-order chi connectivity index (χ0) is 13.4. The van der Waals surface area contributed by atoms with Crippen LogP contribution in [0, 0.1) is 5.92 Å². The van der Waals surface area contributed by atoms with Crippen molar-refractivity contribution in [2.24, 2.45) is 5.92 Å². The largest absolute Gasteiger partial charge is 0.381 e. The lowest BCUT2D eigenvalue weighted by atomic mass is 9.97. The maximum absolute atomic E-state index is 6.30. The lowest BCUT2D eigenvalue weighted by molar-refractivity contribution is 0.0289. The van der Waals surface area contributed by atoms with Crippen LogP contribution in [0.4, 0.5) is 0 Å². The van der Waals surface area contributed by atoms with Gasteiger partial charge in [-0.1, -0.05) is 6.92 Å². The summed E-state index contributed by atoms with van der Waals surface area (Å²) in [5, 5.41) is -0.121. The van der Waals surface area contributed by atoms with E-state index in [9.17, 15) is 0 Å². The summed E-state index contributed by atoms with van der Waals surface area (Å²) < 4.78 is 7.76. The molecule has 0 saturated carbocycles. The molecule has 1 aliphatic heterocycles. The van der Waals surface area contributed by atoms with Gasteiger partial charge in [-0.3, -0.25) is 0 Å². The number of rotatable bonds is 2. The molecule has 0 amide bonds. The van der Waals surface area contributed by atoms with Crippen LogP contribution in [0.1, 0.15) is 37.5 Å². The van der Waals surface area contributed by atoms with E-state index in [0.29, 0.717) is 12.0 Å². The highest BCUT2D eigenvalue weighted by molar-refractivity contribution is 6.20. The number of nitrogens with zero attached hydrogens (tertiary/aromatic N) is 3. The van der Waals surface area contributed by atoms with Crippen molar-refractivity contribution in [2.75, 3.05) is 13.2 Å². The van der Waals surface area contributed by atoms with E-state index >= 15 is 0 Å². The molecule has 102 valence electrons. The Morgan fingerprint density at radius 3 is 3.11 bits per heavy atom. The van der Waals surface area contributed by atoms with Crippen LogP contribution in [0.15, 0.2) is 18.3 Å². The molecule has 3 atom stereocenters. The molecule has 5 heteroatoms. The Morgan fingerprint density at radius 2 is 2.37 bits per heavy atom. The first-order valence-electron chi connectivity index (χ1n) is 6.73. The molecule has 1 aliphatic rings. The van der Waals surface area contributed by atoms with Crippen molar-refractivity contribution in [3.63, 3.8) is 0 Å². The molecule has 0 aliphatic carbocycles. The van der Waals surface area contributed by atoms with E-state index in [1.165, 1.54) is 0 Å². The summed E-state index contributed by atoms with van der Waals surface area (Å²) in [5.74, 6) is 1.36.